The third kappa shape index (κ3) is 4.60. The van der Waals surface area contributed by atoms with Crippen LogP contribution in [-0.4, -0.2) is 72.7 Å². The van der Waals surface area contributed by atoms with E-state index < -0.39 is 0 Å². The minimum absolute atomic E-state index is 0.129. The molecular weight excluding hydrogens is 314 g/mol. The van der Waals surface area contributed by atoms with Gasteiger partial charge in [0.05, 0.1) is 13.2 Å². The molecule has 1 aromatic carbocycles. The van der Waals surface area contributed by atoms with Crippen molar-refractivity contribution in [3.8, 4) is 0 Å². The van der Waals surface area contributed by atoms with Gasteiger partial charge in [-0.2, -0.15) is 0 Å². The van der Waals surface area contributed by atoms with Crippen LogP contribution in [0.25, 0.3) is 0 Å². The van der Waals surface area contributed by atoms with E-state index in [-0.39, 0.29) is 24.0 Å². The van der Waals surface area contributed by atoms with E-state index in [0.717, 1.165) is 52.0 Å². The fraction of sp³-hybridized carbons (Fsp3) is 0.650. The predicted octanol–water partition coefficient (Wildman–Crippen LogP) is 1.22. The summed E-state index contributed by atoms with van der Waals surface area (Å²) < 4.78 is 0. The molecule has 25 heavy (non-hydrogen) atoms. The van der Waals surface area contributed by atoms with Crippen LogP contribution in [-0.2, 0) is 10.2 Å². The van der Waals surface area contributed by atoms with E-state index >= 15 is 0 Å². The molecule has 2 aliphatic rings. The van der Waals surface area contributed by atoms with Crippen LogP contribution in [0.4, 0.5) is 0 Å². The van der Waals surface area contributed by atoms with Gasteiger partial charge < -0.3 is 10.4 Å². The van der Waals surface area contributed by atoms with Gasteiger partial charge in [-0.3, -0.25) is 14.6 Å². The summed E-state index contributed by atoms with van der Waals surface area (Å²) in [6, 6.07) is 10.8. The number of carbonyl (C=O) groups is 1. The quantitative estimate of drug-likeness (QED) is 0.744. The van der Waals surface area contributed by atoms with Crippen molar-refractivity contribution in [3.05, 3.63) is 35.9 Å². The Morgan fingerprint density at radius 2 is 1.88 bits per heavy atom. The number of benzene rings is 1. The standard InChI is InChI=1S/C20H31N3O2/c1-2-18(15-24)23-12-10-22(11-13-23)14-19(25)21-16-20(8-9-20)17-6-4-3-5-7-17/h3-7,18,24H,2,8-16H2,1H3,(H,21,25). The maximum absolute atomic E-state index is 12.3. The van der Waals surface area contributed by atoms with Crippen LogP contribution in [0.2, 0.25) is 0 Å². The highest BCUT2D eigenvalue weighted by Crippen LogP contribution is 2.47. The summed E-state index contributed by atoms with van der Waals surface area (Å²) in [5.41, 5.74) is 1.52. The first kappa shape index (κ1) is 18.4. The van der Waals surface area contributed by atoms with Crippen LogP contribution in [0, 0.1) is 0 Å². The second kappa shape index (κ2) is 8.30. The first-order chi connectivity index (χ1) is 12.2. The maximum atomic E-state index is 12.3. The molecule has 2 N–H and O–H groups in total. The number of rotatable bonds is 8. The van der Waals surface area contributed by atoms with E-state index in [0.29, 0.717) is 6.54 Å². The van der Waals surface area contributed by atoms with Crippen LogP contribution in [0.15, 0.2) is 30.3 Å². The minimum atomic E-state index is 0.129. The highest BCUT2D eigenvalue weighted by Gasteiger charge is 2.44. The molecule has 1 unspecified atom stereocenters. The Kier molecular flexibility index (Phi) is 6.10. The molecule has 1 atom stereocenters. The highest BCUT2D eigenvalue weighted by atomic mass is 16.3. The lowest BCUT2D eigenvalue weighted by Crippen LogP contribution is -2.53. The number of carbonyl (C=O) groups excluding carboxylic acids is 1. The van der Waals surface area contributed by atoms with Gasteiger partial charge in [-0.05, 0) is 24.8 Å². The number of amides is 1. The van der Waals surface area contributed by atoms with Gasteiger partial charge in [0.25, 0.3) is 0 Å². The minimum Gasteiger partial charge on any atom is -0.395 e. The summed E-state index contributed by atoms with van der Waals surface area (Å²) in [4.78, 5) is 16.9. The molecule has 3 rings (SSSR count). The van der Waals surface area contributed by atoms with Crippen molar-refractivity contribution in [1.82, 2.24) is 15.1 Å². The zero-order chi connectivity index (χ0) is 17.7. The first-order valence-corrected chi connectivity index (χ1v) is 9.56. The van der Waals surface area contributed by atoms with Crippen molar-refractivity contribution < 1.29 is 9.90 Å². The Morgan fingerprint density at radius 3 is 2.44 bits per heavy atom. The molecule has 0 aromatic heterocycles. The molecule has 1 saturated heterocycles. The van der Waals surface area contributed by atoms with E-state index in [9.17, 15) is 9.90 Å². The summed E-state index contributed by atoms with van der Waals surface area (Å²) in [6.07, 6.45) is 3.30. The number of piperazine rings is 1. The summed E-state index contributed by atoms with van der Waals surface area (Å²) in [7, 11) is 0. The second-order valence-corrected chi connectivity index (χ2v) is 7.48. The van der Waals surface area contributed by atoms with Crippen molar-refractivity contribution >= 4 is 5.91 Å². The zero-order valence-electron chi connectivity index (χ0n) is 15.3. The lowest BCUT2D eigenvalue weighted by atomic mass is 9.96. The Labute approximate surface area is 151 Å². The molecule has 1 amide bonds. The lowest BCUT2D eigenvalue weighted by Gasteiger charge is -2.38. The van der Waals surface area contributed by atoms with Gasteiger partial charge >= 0.3 is 0 Å². The number of aliphatic hydroxyl groups is 1. The van der Waals surface area contributed by atoms with Crippen LogP contribution in [0.1, 0.15) is 31.7 Å². The first-order valence-electron chi connectivity index (χ1n) is 9.56. The smallest absolute Gasteiger partial charge is 0.234 e. The molecule has 2 fully saturated rings. The maximum Gasteiger partial charge on any atom is 0.234 e. The summed E-state index contributed by atoms with van der Waals surface area (Å²) >= 11 is 0. The van der Waals surface area contributed by atoms with Crippen molar-refractivity contribution in [2.45, 2.75) is 37.6 Å². The predicted molar refractivity (Wildman–Crippen MR) is 99.5 cm³/mol. The fourth-order valence-electron chi connectivity index (χ4n) is 3.83. The zero-order valence-corrected chi connectivity index (χ0v) is 15.3. The number of nitrogens with one attached hydrogen (secondary N) is 1. The van der Waals surface area contributed by atoms with E-state index in [4.69, 9.17) is 0 Å². The van der Waals surface area contributed by atoms with Gasteiger partial charge in [0, 0.05) is 44.2 Å². The van der Waals surface area contributed by atoms with E-state index in [1.165, 1.54) is 5.56 Å². The SMILES string of the molecule is CCC(CO)N1CCN(CC(=O)NCC2(c3ccccc3)CC2)CC1. The molecule has 138 valence electrons. The van der Waals surface area contributed by atoms with E-state index in [2.05, 4.69) is 46.3 Å². The summed E-state index contributed by atoms with van der Waals surface area (Å²) in [5, 5.41) is 12.6. The third-order valence-electron chi connectivity index (χ3n) is 5.84. The molecule has 1 aliphatic carbocycles. The van der Waals surface area contributed by atoms with Gasteiger partial charge in [0.2, 0.25) is 5.91 Å². The van der Waals surface area contributed by atoms with Crippen LogP contribution in [0.3, 0.4) is 0 Å². The summed E-state index contributed by atoms with van der Waals surface area (Å²) in [6.45, 7) is 7.22. The third-order valence-corrected chi connectivity index (χ3v) is 5.84. The number of hydrogen-bond donors (Lipinski definition) is 2. The Hall–Kier alpha value is -1.43. The second-order valence-electron chi connectivity index (χ2n) is 7.48. The van der Waals surface area contributed by atoms with E-state index in [1.54, 1.807) is 0 Å². The fourth-order valence-corrected chi connectivity index (χ4v) is 3.83. The molecular formula is C20H31N3O2. The molecule has 1 aliphatic heterocycles. The number of aliphatic hydroxyl groups excluding tert-OH is 1. The van der Waals surface area contributed by atoms with Gasteiger partial charge in [0.15, 0.2) is 0 Å². The summed E-state index contributed by atoms with van der Waals surface area (Å²) in [5.74, 6) is 0.129. The van der Waals surface area contributed by atoms with Crippen LogP contribution in [0.5, 0.6) is 0 Å². The lowest BCUT2D eigenvalue weighted by molar-refractivity contribution is -0.122. The molecule has 5 nitrogen and oxygen atoms in total. The largest absolute Gasteiger partial charge is 0.395 e. The topological polar surface area (TPSA) is 55.8 Å². The monoisotopic (exact) mass is 345 g/mol. The average molecular weight is 345 g/mol. The normalized spacial score (nSPS) is 21.7. The van der Waals surface area contributed by atoms with Crippen molar-refractivity contribution in [3.63, 3.8) is 0 Å². The van der Waals surface area contributed by atoms with Crippen molar-refractivity contribution in [2.24, 2.45) is 0 Å². The Bertz CT molecular complexity index is 547. The highest BCUT2D eigenvalue weighted by molar-refractivity contribution is 5.78. The van der Waals surface area contributed by atoms with Gasteiger partial charge in [0.1, 0.15) is 0 Å². The number of hydrogen-bond acceptors (Lipinski definition) is 4. The molecule has 0 radical (unpaired) electrons. The Morgan fingerprint density at radius 1 is 1.20 bits per heavy atom. The van der Waals surface area contributed by atoms with Gasteiger partial charge in [-0.15, -0.1) is 0 Å². The molecule has 1 aromatic rings. The molecule has 1 heterocycles. The van der Waals surface area contributed by atoms with E-state index in [1.807, 2.05) is 6.07 Å². The van der Waals surface area contributed by atoms with Gasteiger partial charge in [-0.1, -0.05) is 37.3 Å². The van der Waals surface area contributed by atoms with Crippen molar-refractivity contribution in [1.29, 1.82) is 0 Å². The van der Waals surface area contributed by atoms with Gasteiger partial charge in [-0.25, -0.2) is 0 Å². The molecule has 1 saturated carbocycles. The number of nitrogens with zero attached hydrogens (tertiary/aromatic N) is 2. The Balaban J connectivity index is 1.41. The van der Waals surface area contributed by atoms with Crippen LogP contribution < -0.4 is 5.32 Å². The van der Waals surface area contributed by atoms with Crippen LogP contribution >= 0.6 is 0 Å². The van der Waals surface area contributed by atoms with Crippen molar-refractivity contribution in [2.75, 3.05) is 45.9 Å². The molecule has 5 heteroatoms. The molecule has 0 bridgehead atoms. The average Bonchev–Trinajstić information content (AvgIpc) is 3.44. The molecule has 0 spiro atoms.